The first-order valence-electron chi connectivity index (χ1n) is 6.91. The van der Waals surface area contributed by atoms with Crippen LogP contribution in [-0.4, -0.2) is 24.5 Å². The highest BCUT2D eigenvalue weighted by molar-refractivity contribution is 5.96. The largest absolute Gasteiger partial charge is 0.397 e. The average Bonchev–Trinajstić information content (AvgIpc) is 2.69. The number of amides is 1. The molecule has 1 saturated heterocycles. The summed E-state index contributed by atoms with van der Waals surface area (Å²) in [6.07, 6.45) is 2.36. The van der Waals surface area contributed by atoms with Gasteiger partial charge in [-0.05, 0) is 51.8 Å². The Hall–Kier alpha value is -1.71. The second-order valence-corrected chi connectivity index (χ2v) is 5.70. The first-order chi connectivity index (χ1) is 8.95. The van der Waals surface area contributed by atoms with Gasteiger partial charge < -0.3 is 16.0 Å². The van der Waals surface area contributed by atoms with Crippen LogP contribution in [-0.2, 0) is 0 Å². The Kier molecular flexibility index (Phi) is 3.69. The summed E-state index contributed by atoms with van der Waals surface area (Å²) >= 11 is 0. The van der Waals surface area contributed by atoms with Gasteiger partial charge in [0, 0.05) is 24.2 Å². The fourth-order valence-corrected chi connectivity index (χ4v) is 2.76. The van der Waals surface area contributed by atoms with Gasteiger partial charge in [0.2, 0.25) is 0 Å². The monoisotopic (exact) mass is 261 g/mol. The van der Waals surface area contributed by atoms with Crippen LogP contribution < -0.4 is 16.0 Å². The van der Waals surface area contributed by atoms with Crippen LogP contribution in [0.25, 0.3) is 0 Å². The fraction of sp³-hybridized carbons (Fsp3) is 0.533. The zero-order valence-corrected chi connectivity index (χ0v) is 12.0. The van der Waals surface area contributed by atoms with Gasteiger partial charge in [0.25, 0.3) is 5.91 Å². The van der Waals surface area contributed by atoms with Gasteiger partial charge in [0.05, 0.1) is 11.4 Å². The molecule has 2 rings (SSSR count). The molecular formula is C15H23N3O. The Morgan fingerprint density at radius 2 is 2.21 bits per heavy atom. The van der Waals surface area contributed by atoms with Crippen molar-refractivity contribution >= 4 is 17.3 Å². The fourth-order valence-electron chi connectivity index (χ4n) is 2.76. The topological polar surface area (TPSA) is 58.4 Å². The van der Waals surface area contributed by atoms with E-state index in [2.05, 4.69) is 24.1 Å². The zero-order chi connectivity index (χ0) is 14.0. The average molecular weight is 261 g/mol. The molecular weight excluding hydrogens is 238 g/mol. The lowest BCUT2D eigenvalue weighted by molar-refractivity contribution is 0.0956. The molecule has 1 heterocycles. The van der Waals surface area contributed by atoms with E-state index in [0.29, 0.717) is 17.8 Å². The minimum absolute atomic E-state index is 0.0681. The molecule has 0 bridgehead atoms. The van der Waals surface area contributed by atoms with Crippen molar-refractivity contribution in [1.82, 2.24) is 5.32 Å². The molecule has 1 amide bonds. The zero-order valence-electron chi connectivity index (χ0n) is 12.0. The van der Waals surface area contributed by atoms with Crippen molar-refractivity contribution in [2.75, 3.05) is 23.7 Å². The predicted octanol–water partition coefficient (Wildman–Crippen LogP) is 2.40. The van der Waals surface area contributed by atoms with E-state index in [-0.39, 0.29) is 11.4 Å². The highest BCUT2D eigenvalue weighted by Gasteiger charge is 2.32. The van der Waals surface area contributed by atoms with E-state index in [0.717, 1.165) is 12.2 Å². The second-order valence-electron chi connectivity index (χ2n) is 5.70. The molecule has 1 aliphatic rings. The number of benzene rings is 1. The second kappa shape index (κ2) is 5.11. The number of carbonyl (C=O) groups is 1. The Labute approximate surface area is 115 Å². The number of nitrogens with zero attached hydrogens (tertiary/aromatic N) is 1. The van der Waals surface area contributed by atoms with Crippen molar-refractivity contribution in [1.29, 1.82) is 0 Å². The molecule has 4 heteroatoms. The molecule has 1 aromatic carbocycles. The molecule has 0 aliphatic carbocycles. The van der Waals surface area contributed by atoms with E-state index in [9.17, 15) is 4.79 Å². The summed E-state index contributed by atoms with van der Waals surface area (Å²) in [5.41, 5.74) is 8.62. The number of hydrogen-bond donors (Lipinski definition) is 2. The van der Waals surface area contributed by atoms with Crippen molar-refractivity contribution in [3.05, 3.63) is 23.8 Å². The van der Waals surface area contributed by atoms with Gasteiger partial charge in [-0.15, -0.1) is 0 Å². The normalized spacial score (nSPS) is 17.5. The summed E-state index contributed by atoms with van der Waals surface area (Å²) < 4.78 is 0. The van der Waals surface area contributed by atoms with Crippen LogP contribution in [0, 0.1) is 0 Å². The summed E-state index contributed by atoms with van der Waals surface area (Å²) in [6, 6.07) is 5.59. The van der Waals surface area contributed by atoms with E-state index in [1.54, 1.807) is 6.07 Å². The van der Waals surface area contributed by atoms with Crippen molar-refractivity contribution in [2.45, 2.75) is 39.2 Å². The summed E-state index contributed by atoms with van der Waals surface area (Å²) in [6.45, 7) is 8.02. The quantitative estimate of drug-likeness (QED) is 0.821. The third-order valence-corrected chi connectivity index (χ3v) is 3.82. The molecule has 0 saturated carbocycles. The van der Waals surface area contributed by atoms with Gasteiger partial charge in [0.15, 0.2) is 0 Å². The van der Waals surface area contributed by atoms with Crippen LogP contribution in [0.2, 0.25) is 0 Å². The first kappa shape index (κ1) is 13.7. The minimum Gasteiger partial charge on any atom is -0.397 e. The van der Waals surface area contributed by atoms with Gasteiger partial charge >= 0.3 is 0 Å². The third kappa shape index (κ3) is 2.67. The molecule has 0 radical (unpaired) electrons. The van der Waals surface area contributed by atoms with Crippen molar-refractivity contribution in [3.63, 3.8) is 0 Å². The number of hydrogen-bond acceptors (Lipinski definition) is 3. The molecule has 19 heavy (non-hydrogen) atoms. The number of rotatable bonds is 3. The van der Waals surface area contributed by atoms with Gasteiger partial charge in [-0.2, -0.15) is 0 Å². The lowest BCUT2D eigenvalue weighted by Gasteiger charge is -2.34. The van der Waals surface area contributed by atoms with Crippen LogP contribution in [0.5, 0.6) is 0 Å². The van der Waals surface area contributed by atoms with Gasteiger partial charge in [0.1, 0.15) is 0 Å². The molecule has 1 aromatic rings. The Morgan fingerprint density at radius 1 is 1.47 bits per heavy atom. The molecule has 0 spiro atoms. The maximum absolute atomic E-state index is 11.8. The van der Waals surface area contributed by atoms with Crippen LogP contribution in [0.15, 0.2) is 18.2 Å². The van der Waals surface area contributed by atoms with Crippen LogP contribution in [0.3, 0.4) is 0 Å². The molecule has 0 aromatic heterocycles. The van der Waals surface area contributed by atoms with Crippen molar-refractivity contribution in [3.8, 4) is 0 Å². The van der Waals surface area contributed by atoms with Crippen LogP contribution in [0.4, 0.5) is 11.4 Å². The summed E-state index contributed by atoms with van der Waals surface area (Å²) in [4.78, 5) is 14.1. The molecule has 1 aliphatic heterocycles. The van der Waals surface area contributed by atoms with Crippen LogP contribution in [0.1, 0.15) is 44.0 Å². The lowest BCUT2D eigenvalue weighted by atomic mass is 10.0. The van der Waals surface area contributed by atoms with E-state index in [4.69, 9.17) is 5.73 Å². The Bertz CT molecular complexity index is 482. The smallest absolute Gasteiger partial charge is 0.251 e. The van der Waals surface area contributed by atoms with Gasteiger partial charge in [-0.25, -0.2) is 0 Å². The molecule has 4 nitrogen and oxygen atoms in total. The number of nitrogens with two attached hydrogens (primary N) is 1. The Morgan fingerprint density at radius 3 is 2.74 bits per heavy atom. The van der Waals surface area contributed by atoms with Crippen molar-refractivity contribution < 1.29 is 4.79 Å². The van der Waals surface area contributed by atoms with E-state index in [1.807, 2.05) is 19.1 Å². The first-order valence-corrected chi connectivity index (χ1v) is 6.91. The molecule has 104 valence electrons. The van der Waals surface area contributed by atoms with Crippen molar-refractivity contribution in [2.24, 2.45) is 0 Å². The number of nitrogen functional groups attached to an aromatic ring is 1. The van der Waals surface area contributed by atoms with Crippen LogP contribution >= 0.6 is 0 Å². The molecule has 0 unspecified atom stereocenters. The molecule has 3 N–H and O–H groups in total. The third-order valence-electron chi connectivity index (χ3n) is 3.82. The summed E-state index contributed by atoms with van der Waals surface area (Å²) in [7, 11) is 0. The van der Waals surface area contributed by atoms with E-state index < -0.39 is 0 Å². The molecule has 0 atom stereocenters. The van der Waals surface area contributed by atoms with E-state index in [1.165, 1.54) is 12.8 Å². The minimum atomic E-state index is -0.0681. The number of anilines is 2. The van der Waals surface area contributed by atoms with Gasteiger partial charge in [-0.1, -0.05) is 0 Å². The SMILES string of the molecule is CCNC(=O)c1ccc(N2CCCC2(C)C)c(N)c1. The summed E-state index contributed by atoms with van der Waals surface area (Å²) in [5.74, 6) is -0.0681. The number of nitrogens with one attached hydrogen (secondary N) is 1. The highest BCUT2D eigenvalue weighted by atomic mass is 16.1. The standard InChI is InChI=1S/C15H23N3O/c1-4-17-14(19)11-6-7-13(12(16)10-11)18-9-5-8-15(18,2)3/h6-7,10H,4-5,8-9,16H2,1-3H3,(H,17,19). The Balaban J connectivity index is 2.27. The highest BCUT2D eigenvalue weighted by Crippen LogP contribution is 2.36. The number of carbonyl (C=O) groups excluding carboxylic acids is 1. The maximum Gasteiger partial charge on any atom is 0.251 e. The lowest BCUT2D eigenvalue weighted by Crippen LogP contribution is -2.38. The predicted molar refractivity (Wildman–Crippen MR) is 79.5 cm³/mol. The molecule has 1 fully saturated rings. The van der Waals surface area contributed by atoms with Gasteiger partial charge in [-0.3, -0.25) is 4.79 Å². The van der Waals surface area contributed by atoms with E-state index >= 15 is 0 Å². The maximum atomic E-state index is 11.8. The summed E-state index contributed by atoms with van der Waals surface area (Å²) in [5, 5.41) is 2.79.